The van der Waals surface area contributed by atoms with E-state index in [9.17, 15) is 0 Å². The van der Waals surface area contributed by atoms with Crippen LogP contribution in [-0.2, 0) is 11.2 Å². The maximum atomic E-state index is 5.42. The number of nitrogens with zero attached hydrogens (tertiary/aromatic N) is 2. The molecule has 1 aliphatic heterocycles. The van der Waals surface area contributed by atoms with Gasteiger partial charge in [-0.25, -0.2) is 0 Å². The van der Waals surface area contributed by atoms with Crippen LogP contribution in [0.1, 0.15) is 37.3 Å². The number of guanidine groups is 1. The first-order valence-electron chi connectivity index (χ1n) is 10.6. The second kappa shape index (κ2) is 12.6. The molecule has 0 amide bonds. The van der Waals surface area contributed by atoms with Gasteiger partial charge in [-0.3, -0.25) is 4.99 Å². The molecule has 0 saturated carbocycles. The molecule has 0 bridgehead atoms. The highest BCUT2D eigenvalue weighted by Crippen LogP contribution is 2.19. The van der Waals surface area contributed by atoms with E-state index in [2.05, 4.69) is 47.6 Å². The number of nitrogens with one attached hydrogen (secondary N) is 2. The summed E-state index contributed by atoms with van der Waals surface area (Å²) in [5.41, 5.74) is 2.42. The van der Waals surface area contributed by atoms with Gasteiger partial charge in [-0.15, -0.1) is 0 Å². The van der Waals surface area contributed by atoms with Crippen LogP contribution in [0.2, 0.25) is 0 Å². The van der Waals surface area contributed by atoms with Gasteiger partial charge < -0.3 is 25.0 Å². The third-order valence-electron chi connectivity index (χ3n) is 5.24. The van der Waals surface area contributed by atoms with Crippen LogP contribution < -0.4 is 15.4 Å². The molecule has 1 heterocycles. The Morgan fingerprint density at radius 2 is 2.04 bits per heavy atom. The van der Waals surface area contributed by atoms with Crippen LogP contribution in [-0.4, -0.2) is 70.5 Å². The predicted octanol–water partition coefficient (Wildman–Crippen LogP) is 2.60. The number of methoxy groups -OCH3 is 2. The van der Waals surface area contributed by atoms with E-state index in [4.69, 9.17) is 14.5 Å². The normalized spacial score (nSPS) is 16.2. The summed E-state index contributed by atoms with van der Waals surface area (Å²) < 4.78 is 10.6. The van der Waals surface area contributed by atoms with Crippen molar-refractivity contribution in [3.63, 3.8) is 0 Å². The highest BCUT2D eigenvalue weighted by Gasteiger charge is 2.19. The fraction of sp³-hybridized carbons (Fsp3) is 0.682. The van der Waals surface area contributed by atoms with Gasteiger partial charge in [0.15, 0.2) is 5.96 Å². The smallest absolute Gasteiger partial charge is 0.191 e. The lowest BCUT2D eigenvalue weighted by Gasteiger charge is -2.33. The van der Waals surface area contributed by atoms with Crippen LogP contribution in [0.4, 0.5) is 0 Å². The Morgan fingerprint density at radius 3 is 2.71 bits per heavy atom. The molecule has 0 radical (unpaired) electrons. The average molecular weight is 391 g/mol. The van der Waals surface area contributed by atoms with Gasteiger partial charge in [-0.2, -0.15) is 0 Å². The molecule has 0 unspecified atom stereocenters. The average Bonchev–Trinajstić information content (AvgIpc) is 2.71. The number of likely N-dealkylation sites (tertiary alicyclic amines) is 1. The van der Waals surface area contributed by atoms with Crippen molar-refractivity contribution >= 4 is 5.96 Å². The van der Waals surface area contributed by atoms with Crippen molar-refractivity contribution in [2.75, 3.05) is 53.6 Å². The molecule has 1 aromatic rings. The minimum Gasteiger partial charge on any atom is -0.496 e. The highest BCUT2D eigenvalue weighted by atomic mass is 16.5. The van der Waals surface area contributed by atoms with Crippen LogP contribution in [0.25, 0.3) is 0 Å². The Morgan fingerprint density at radius 1 is 1.25 bits per heavy atom. The van der Waals surface area contributed by atoms with E-state index >= 15 is 0 Å². The summed E-state index contributed by atoms with van der Waals surface area (Å²) in [5, 5.41) is 7.01. The summed E-state index contributed by atoms with van der Waals surface area (Å²) in [6, 6.07) is 6.88. The molecule has 1 aromatic carbocycles. The second-order valence-electron chi connectivity index (χ2n) is 7.42. The number of hydrogen-bond acceptors (Lipinski definition) is 4. The Balaban J connectivity index is 1.79. The van der Waals surface area contributed by atoms with Crippen molar-refractivity contribution in [1.82, 2.24) is 15.5 Å². The molecular weight excluding hydrogens is 352 g/mol. The monoisotopic (exact) mass is 390 g/mol. The van der Waals surface area contributed by atoms with E-state index in [0.717, 1.165) is 76.7 Å². The number of aliphatic imine (C=N–C) groups is 1. The fourth-order valence-corrected chi connectivity index (χ4v) is 3.56. The van der Waals surface area contributed by atoms with Gasteiger partial charge in [-0.1, -0.05) is 12.1 Å². The van der Waals surface area contributed by atoms with Gasteiger partial charge in [-0.05, 0) is 56.7 Å². The van der Waals surface area contributed by atoms with Gasteiger partial charge in [0.1, 0.15) is 5.75 Å². The molecule has 0 atom stereocenters. The zero-order valence-electron chi connectivity index (χ0n) is 18.1. The summed E-state index contributed by atoms with van der Waals surface area (Å²) in [6.45, 7) is 10.1. The summed E-state index contributed by atoms with van der Waals surface area (Å²) in [4.78, 5) is 7.32. The molecule has 1 aliphatic rings. The van der Waals surface area contributed by atoms with Gasteiger partial charge in [0.05, 0.1) is 7.11 Å². The predicted molar refractivity (Wildman–Crippen MR) is 117 cm³/mol. The number of rotatable bonds is 10. The largest absolute Gasteiger partial charge is 0.496 e. The minimum atomic E-state index is 0.496. The molecule has 2 N–H and O–H groups in total. The number of hydrogen-bond donors (Lipinski definition) is 2. The first-order chi connectivity index (χ1) is 13.7. The molecule has 28 heavy (non-hydrogen) atoms. The highest BCUT2D eigenvalue weighted by molar-refractivity contribution is 5.80. The third-order valence-corrected chi connectivity index (χ3v) is 5.24. The van der Waals surface area contributed by atoms with E-state index in [-0.39, 0.29) is 0 Å². The molecule has 1 saturated heterocycles. The lowest BCUT2D eigenvalue weighted by atomic mass is 10.1. The van der Waals surface area contributed by atoms with Crippen LogP contribution in [0.3, 0.4) is 0 Å². The van der Waals surface area contributed by atoms with Crippen molar-refractivity contribution in [2.24, 2.45) is 4.99 Å². The van der Waals surface area contributed by atoms with Crippen LogP contribution in [0.15, 0.2) is 23.2 Å². The second-order valence-corrected chi connectivity index (χ2v) is 7.42. The van der Waals surface area contributed by atoms with Crippen molar-refractivity contribution < 1.29 is 9.47 Å². The Kier molecular flexibility index (Phi) is 10.1. The lowest BCUT2D eigenvalue weighted by Crippen LogP contribution is -2.49. The SMILES string of the molecule is CCNC(=NCCc1ccc(C)c(OC)c1)NC1CCN(CCCOC)CC1. The van der Waals surface area contributed by atoms with Crippen molar-refractivity contribution in [2.45, 2.75) is 45.6 Å². The molecule has 1 fully saturated rings. The van der Waals surface area contributed by atoms with E-state index in [1.807, 2.05) is 0 Å². The van der Waals surface area contributed by atoms with Gasteiger partial charge in [0, 0.05) is 52.5 Å². The lowest BCUT2D eigenvalue weighted by molar-refractivity contribution is 0.155. The Labute approximate surface area is 170 Å². The third kappa shape index (κ3) is 7.68. The molecule has 6 nitrogen and oxygen atoms in total. The van der Waals surface area contributed by atoms with E-state index < -0.39 is 0 Å². The number of ether oxygens (including phenoxy) is 2. The van der Waals surface area contributed by atoms with Gasteiger partial charge in [0.2, 0.25) is 0 Å². The van der Waals surface area contributed by atoms with Crippen LogP contribution in [0, 0.1) is 6.92 Å². The molecule has 2 rings (SSSR count). The van der Waals surface area contributed by atoms with Crippen molar-refractivity contribution in [1.29, 1.82) is 0 Å². The Bertz CT molecular complexity index is 598. The number of benzene rings is 1. The van der Waals surface area contributed by atoms with E-state index in [1.165, 1.54) is 11.1 Å². The molecule has 158 valence electrons. The summed E-state index contributed by atoms with van der Waals surface area (Å²) in [5.74, 6) is 1.88. The summed E-state index contributed by atoms with van der Waals surface area (Å²) >= 11 is 0. The minimum absolute atomic E-state index is 0.496. The van der Waals surface area contributed by atoms with Crippen molar-refractivity contribution in [3.8, 4) is 5.75 Å². The molecule has 0 spiro atoms. The number of piperidine rings is 1. The van der Waals surface area contributed by atoms with Gasteiger partial charge >= 0.3 is 0 Å². The number of aryl methyl sites for hydroxylation is 1. The molecule has 0 aliphatic carbocycles. The maximum Gasteiger partial charge on any atom is 0.191 e. The van der Waals surface area contributed by atoms with Crippen LogP contribution in [0.5, 0.6) is 5.75 Å². The summed E-state index contributed by atoms with van der Waals surface area (Å²) in [7, 11) is 3.49. The molecule has 0 aromatic heterocycles. The van der Waals surface area contributed by atoms with Crippen LogP contribution >= 0.6 is 0 Å². The summed E-state index contributed by atoms with van der Waals surface area (Å²) in [6.07, 6.45) is 4.34. The fourth-order valence-electron chi connectivity index (χ4n) is 3.56. The molecule has 6 heteroatoms. The van der Waals surface area contributed by atoms with Gasteiger partial charge in [0.25, 0.3) is 0 Å². The zero-order chi connectivity index (χ0) is 20.2. The first kappa shape index (κ1) is 22.5. The standard InChI is InChI=1S/C22H38N4O2/c1-5-23-22(24-12-9-19-8-7-18(2)21(17-19)28-4)25-20-10-14-26(15-11-20)13-6-16-27-3/h7-8,17,20H,5-6,9-16H2,1-4H3,(H2,23,24,25). The quantitative estimate of drug-likeness (QED) is 0.365. The Hall–Kier alpha value is -1.79. The van der Waals surface area contributed by atoms with Crippen molar-refractivity contribution in [3.05, 3.63) is 29.3 Å². The van der Waals surface area contributed by atoms with E-state index in [1.54, 1.807) is 14.2 Å². The maximum absolute atomic E-state index is 5.42. The topological polar surface area (TPSA) is 58.1 Å². The first-order valence-corrected chi connectivity index (χ1v) is 10.6. The zero-order valence-corrected chi connectivity index (χ0v) is 18.1. The molecular formula is C22H38N4O2. The van der Waals surface area contributed by atoms with E-state index in [0.29, 0.717) is 6.04 Å².